The minimum atomic E-state index is -0.00926. The molecule has 0 spiro atoms. The number of rotatable bonds is 2. The van der Waals surface area contributed by atoms with E-state index < -0.39 is 0 Å². The summed E-state index contributed by atoms with van der Waals surface area (Å²) in [5.41, 5.74) is 0.595. The number of hydrogen-bond acceptors (Lipinski definition) is 2. The fourth-order valence-corrected chi connectivity index (χ4v) is 0.792. The lowest BCUT2D eigenvalue weighted by molar-refractivity contribution is 0.0995. The van der Waals surface area contributed by atoms with Crippen LogP contribution in [-0.4, -0.2) is 10.9 Å². The van der Waals surface area contributed by atoms with Crippen molar-refractivity contribution >= 4 is 5.78 Å². The maximum Gasteiger partial charge on any atom is 0.162 e. The quantitative estimate of drug-likeness (QED) is 0.651. The van der Waals surface area contributed by atoms with Crippen molar-refractivity contribution < 1.29 is 9.90 Å². The first kappa shape index (κ1) is 7.79. The van der Waals surface area contributed by atoms with Crippen molar-refractivity contribution in [3.8, 4) is 5.75 Å². The normalized spacial score (nSPS) is 9.55. The zero-order chi connectivity index (χ0) is 8.27. The molecule has 0 bridgehead atoms. The van der Waals surface area contributed by atoms with E-state index >= 15 is 0 Å². The lowest BCUT2D eigenvalue weighted by Gasteiger charge is -1.96. The van der Waals surface area contributed by atoms with Gasteiger partial charge < -0.3 is 5.11 Å². The molecule has 2 nitrogen and oxygen atoms in total. The van der Waals surface area contributed by atoms with E-state index in [0.29, 0.717) is 5.56 Å². The van der Waals surface area contributed by atoms with Gasteiger partial charge in [0.05, 0.1) is 0 Å². The summed E-state index contributed by atoms with van der Waals surface area (Å²) < 4.78 is 0. The van der Waals surface area contributed by atoms with E-state index in [-0.39, 0.29) is 18.0 Å². The van der Waals surface area contributed by atoms with Crippen molar-refractivity contribution in [1.82, 2.24) is 0 Å². The molecular weight excluding hydrogens is 140 g/mol. The van der Waals surface area contributed by atoms with E-state index in [2.05, 4.69) is 6.92 Å². The first-order valence-electron chi connectivity index (χ1n) is 3.35. The van der Waals surface area contributed by atoms with Crippen molar-refractivity contribution in [2.24, 2.45) is 0 Å². The molecule has 0 aliphatic carbocycles. The summed E-state index contributed by atoms with van der Waals surface area (Å²) in [5, 5.41) is 8.88. The van der Waals surface area contributed by atoms with Crippen molar-refractivity contribution in [3.05, 3.63) is 36.8 Å². The lowest BCUT2D eigenvalue weighted by atomic mass is 10.1. The SMILES string of the molecule is [CH2]CC(=O)c1ccc(O)cc1. The van der Waals surface area contributed by atoms with Crippen LogP contribution in [0.15, 0.2) is 24.3 Å². The van der Waals surface area contributed by atoms with Gasteiger partial charge in [0.15, 0.2) is 5.78 Å². The van der Waals surface area contributed by atoms with E-state index in [0.717, 1.165) is 0 Å². The molecule has 57 valence electrons. The number of carbonyl (C=O) groups is 1. The smallest absolute Gasteiger partial charge is 0.162 e. The highest BCUT2D eigenvalue weighted by Gasteiger charge is 2.00. The molecule has 0 atom stereocenters. The summed E-state index contributed by atoms with van der Waals surface area (Å²) in [6, 6.07) is 6.15. The van der Waals surface area contributed by atoms with Gasteiger partial charge in [0, 0.05) is 12.0 Å². The Hall–Kier alpha value is -1.31. The zero-order valence-corrected chi connectivity index (χ0v) is 6.08. The fourth-order valence-electron chi connectivity index (χ4n) is 0.792. The highest BCUT2D eigenvalue weighted by atomic mass is 16.3. The molecule has 0 aliphatic heterocycles. The van der Waals surface area contributed by atoms with Gasteiger partial charge in [-0.25, -0.2) is 0 Å². The summed E-state index contributed by atoms with van der Waals surface area (Å²) in [6.07, 6.45) is 0.255. The third-order valence-corrected chi connectivity index (χ3v) is 1.42. The van der Waals surface area contributed by atoms with Crippen LogP contribution in [0, 0.1) is 6.92 Å². The third kappa shape index (κ3) is 1.80. The molecule has 1 aromatic rings. The highest BCUT2D eigenvalue weighted by molar-refractivity contribution is 5.96. The predicted octanol–water partition coefficient (Wildman–Crippen LogP) is 1.80. The van der Waals surface area contributed by atoms with Gasteiger partial charge in [-0.15, -0.1) is 0 Å². The van der Waals surface area contributed by atoms with E-state index in [4.69, 9.17) is 5.11 Å². The average molecular weight is 149 g/mol. The maximum atomic E-state index is 11.0. The molecule has 0 heterocycles. The summed E-state index contributed by atoms with van der Waals surface area (Å²) in [7, 11) is 0. The van der Waals surface area contributed by atoms with E-state index in [9.17, 15) is 4.79 Å². The highest BCUT2D eigenvalue weighted by Crippen LogP contribution is 2.10. The Morgan fingerprint density at radius 3 is 2.36 bits per heavy atom. The monoisotopic (exact) mass is 149 g/mol. The van der Waals surface area contributed by atoms with Gasteiger partial charge >= 0.3 is 0 Å². The fraction of sp³-hybridized carbons (Fsp3) is 0.111. The number of ketones is 1. The Morgan fingerprint density at radius 1 is 1.36 bits per heavy atom. The van der Waals surface area contributed by atoms with Crippen LogP contribution in [0.25, 0.3) is 0 Å². The number of hydrogen-bond donors (Lipinski definition) is 1. The van der Waals surface area contributed by atoms with Crippen molar-refractivity contribution in [2.75, 3.05) is 0 Å². The molecule has 1 radical (unpaired) electrons. The third-order valence-electron chi connectivity index (χ3n) is 1.42. The summed E-state index contributed by atoms with van der Waals surface area (Å²) in [5.74, 6) is 0.163. The van der Waals surface area contributed by atoms with Gasteiger partial charge in [-0.3, -0.25) is 4.79 Å². The van der Waals surface area contributed by atoms with Crippen LogP contribution in [0.2, 0.25) is 0 Å². The molecule has 11 heavy (non-hydrogen) atoms. The standard InChI is InChI=1S/C9H9O2/c1-2-9(11)7-3-5-8(10)6-4-7/h3-6,10H,1-2H2. The molecule has 1 rings (SSSR count). The molecule has 2 heteroatoms. The molecule has 0 saturated carbocycles. The van der Waals surface area contributed by atoms with Gasteiger partial charge in [0.1, 0.15) is 5.75 Å². The van der Waals surface area contributed by atoms with Crippen LogP contribution in [-0.2, 0) is 0 Å². The van der Waals surface area contributed by atoms with Gasteiger partial charge in [-0.05, 0) is 31.2 Å². The van der Waals surface area contributed by atoms with Gasteiger partial charge in [-0.2, -0.15) is 0 Å². The van der Waals surface area contributed by atoms with E-state index in [1.807, 2.05) is 0 Å². The van der Waals surface area contributed by atoms with E-state index in [1.54, 1.807) is 12.1 Å². The van der Waals surface area contributed by atoms with Crippen LogP contribution in [0.5, 0.6) is 5.75 Å². The minimum absolute atomic E-state index is 0.00926. The Morgan fingerprint density at radius 2 is 1.91 bits per heavy atom. The maximum absolute atomic E-state index is 11.0. The average Bonchev–Trinajstić information content (AvgIpc) is 2.05. The Labute approximate surface area is 65.5 Å². The predicted molar refractivity (Wildman–Crippen MR) is 42.4 cm³/mol. The number of Topliss-reactive ketones (excluding diaryl/α,β-unsaturated/α-hetero) is 1. The second-order valence-electron chi connectivity index (χ2n) is 2.22. The number of benzene rings is 1. The second-order valence-corrected chi connectivity index (χ2v) is 2.22. The first-order valence-corrected chi connectivity index (χ1v) is 3.35. The van der Waals surface area contributed by atoms with Crippen molar-refractivity contribution in [2.45, 2.75) is 6.42 Å². The molecule has 0 aromatic heterocycles. The second kappa shape index (κ2) is 3.19. The largest absolute Gasteiger partial charge is 0.508 e. The number of aromatic hydroxyl groups is 1. The molecule has 0 aliphatic rings. The van der Waals surface area contributed by atoms with Crippen LogP contribution >= 0.6 is 0 Å². The van der Waals surface area contributed by atoms with Crippen LogP contribution < -0.4 is 0 Å². The van der Waals surface area contributed by atoms with Gasteiger partial charge in [0.2, 0.25) is 0 Å². The minimum Gasteiger partial charge on any atom is -0.508 e. The molecule has 0 unspecified atom stereocenters. The molecule has 0 saturated heterocycles. The van der Waals surface area contributed by atoms with E-state index in [1.165, 1.54) is 12.1 Å². The Kier molecular flexibility index (Phi) is 2.26. The number of phenols is 1. The number of carbonyl (C=O) groups excluding carboxylic acids is 1. The molecule has 1 N–H and O–H groups in total. The molecule has 0 amide bonds. The molecule has 0 fully saturated rings. The van der Waals surface area contributed by atoms with Crippen LogP contribution in [0.3, 0.4) is 0 Å². The molecule has 1 aromatic carbocycles. The summed E-state index contributed by atoms with van der Waals surface area (Å²) in [6.45, 7) is 3.47. The van der Waals surface area contributed by atoms with Gasteiger partial charge in [0.25, 0.3) is 0 Å². The van der Waals surface area contributed by atoms with Crippen molar-refractivity contribution in [1.29, 1.82) is 0 Å². The summed E-state index contributed by atoms with van der Waals surface area (Å²) in [4.78, 5) is 11.0. The Bertz CT molecular complexity index is 249. The summed E-state index contributed by atoms with van der Waals surface area (Å²) >= 11 is 0. The van der Waals surface area contributed by atoms with Crippen LogP contribution in [0.4, 0.5) is 0 Å². The van der Waals surface area contributed by atoms with Crippen molar-refractivity contribution in [3.63, 3.8) is 0 Å². The Balaban J connectivity index is 2.90. The topological polar surface area (TPSA) is 37.3 Å². The molecular formula is C9H9O2. The van der Waals surface area contributed by atoms with Crippen LogP contribution in [0.1, 0.15) is 16.8 Å². The van der Waals surface area contributed by atoms with Gasteiger partial charge in [-0.1, -0.05) is 0 Å². The first-order chi connectivity index (χ1) is 5.24. The zero-order valence-electron chi connectivity index (χ0n) is 6.08. The lowest BCUT2D eigenvalue weighted by Crippen LogP contribution is -1.94. The number of phenolic OH excluding ortho intramolecular Hbond substituents is 1.